The summed E-state index contributed by atoms with van der Waals surface area (Å²) in [5.74, 6) is 1.82. The third-order valence-corrected chi connectivity index (χ3v) is 5.26. The lowest BCUT2D eigenvalue weighted by Crippen LogP contribution is -2.14. The molecule has 1 amide bonds. The largest absolute Gasteiger partial charge is 0.460 e. The molecule has 0 spiro atoms. The Morgan fingerprint density at radius 2 is 1.78 bits per heavy atom. The number of nitrogens with zero attached hydrogens (tertiary/aromatic N) is 3. The van der Waals surface area contributed by atoms with Crippen LogP contribution in [0.2, 0.25) is 0 Å². The number of anilines is 1. The summed E-state index contributed by atoms with van der Waals surface area (Å²) in [6.45, 7) is 7.85. The molecule has 4 aromatic rings. The first kappa shape index (κ1) is 17.6. The van der Waals surface area contributed by atoms with Crippen molar-refractivity contribution < 1.29 is 9.21 Å². The molecular formula is C20H20N4O2S. The van der Waals surface area contributed by atoms with Gasteiger partial charge in [0.2, 0.25) is 5.91 Å². The van der Waals surface area contributed by atoms with Crippen LogP contribution in [0.15, 0.2) is 39.8 Å². The van der Waals surface area contributed by atoms with Gasteiger partial charge >= 0.3 is 0 Å². The van der Waals surface area contributed by atoms with Crippen LogP contribution in [0, 0.1) is 27.7 Å². The van der Waals surface area contributed by atoms with E-state index in [1.54, 1.807) is 0 Å². The molecule has 3 aromatic heterocycles. The van der Waals surface area contributed by atoms with Crippen molar-refractivity contribution in [1.82, 2.24) is 14.6 Å². The molecule has 0 fully saturated rings. The predicted molar refractivity (Wildman–Crippen MR) is 108 cm³/mol. The van der Waals surface area contributed by atoms with E-state index in [0.717, 1.165) is 45.0 Å². The summed E-state index contributed by atoms with van der Waals surface area (Å²) in [5, 5.41) is 12.2. The zero-order chi connectivity index (χ0) is 19.1. The molecule has 0 saturated carbocycles. The van der Waals surface area contributed by atoms with E-state index < -0.39 is 0 Å². The van der Waals surface area contributed by atoms with Crippen molar-refractivity contribution in [2.45, 2.75) is 32.7 Å². The van der Waals surface area contributed by atoms with Crippen LogP contribution in [0.25, 0.3) is 16.6 Å². The number of nitrogens with one attached hydrogen (secondary N) is 1. The Kier molecular flexibility index (Phi) is 4.39. The first-order valence-electron chi connectivity index (χ1n) is 8.66. The van der Waals surface area contributed by atoms with Gasteiger partial charge in [0.15, 0.2) is 5.58 Å². The van der Waals surface area contributed by atoms with Crippen molar-refractivity contribution in [3.8, 4) is 0 Å². The lowest BCUT2D eigenvalue weighted by molar-refractivity contribution is -0.113. The minimum Gasteiger partial charge on any atom is -0.460 e. The van der Waals surface area contributed by atoms with Gasteiger partial charge in [0, 0.05) is 17.8 Å². The summed E-state index contributed by atoms with van der Waals surface area (Å²) in [6.07, 6.45) is 0. The summed E-state index contributed by atoms with van der Waals surface area (Å²) in [6, 6.07) is 9.94. The number of fused-ring (bicyclic) bond motifs is 3. The number of carbonyl (C=O) groups excluding carboxylic acids is 1. The molecule has 0 aliphatic carbocycles. The zero-order valence-corrected chi connectivity index (χ0v) is 16.5. The molecular weight excluding hydrogens is 360 g/mol. The van der Waals surface area contributed by atoms with Crippen LogP contribution in [0.1, 0.15) is 22.7 Å². The van der Waals surface area contributed by atoms with Gasteiger partial charge in [0.25, 0.3) is 0 Å². The van der Waals surface area contributed by atoms with E-state index in [1.165, 1.54) is 11.8 Å². The highest BCUT2D eigenvalue weighted by atomic mass is 32.2. The normalized spacial score (nSPS) is 11.4. The Hall–Kier alpha value is -2.80. The first-order chi connectivity index (χ1) is 12.9. The first-order valence-corrected chi connectivity index (χ1v) is 9.65. The average Bonchev–Trinajstić information content (AvgIpc) is 3.09. The molecule has 27 heavy (non-hydrogen) atoms. The second-order valence-electron chi connectivity index (χ2n) is 6.74. The van der Waals surface area contributed by atoms with Crippen molar-refractivity contribution in [2.75, 3.05) is 11.1 Å². The third-order valence-electron chi connectivity index (χ3n) is 4.29. The molecule has 0 bridgehead atoms. The van der Waals surface area contributed by atoms with E-state index in [4.69, 9.17) is 4.42 Å². The van der Waals surface area contributed by atoms with Crippen LogP contribution in [0.3, 0.4) is 0 Å². The summed E-state index contributed by atoms with van der Waals surface area (Å²) in [4.78, 5) is 12.4. The lowest BCUT2D eigenvalue weighted by atomic mass is 10.1. The van der Waals surface area contributed by atoms with E-state index in [2.05, 4.69) is 21.6 Å². The van der Waals surface area contributed by atoms with Crippen molar-refractivity contribution >= 4 is 40.0 Å². The average molecular weight is 380 g/mol. The van der Waals surface area contributed by atoms with Gasteiger partial charge in [-0.3, -0.25) is 9.20 Å². The maximum Gasteiger partial charge on any atom is 0.234 e. The summed E-state index contributed by atoms with van der Waals surface area (Å²) >= 11 is 1.37. The molecule has 0 atom stereocenters. The number of benzene rings is 1. The van der Waals surface area contributed by atoms with Crippen LogP contribution in [0.5, 0.6) is 0 Å². The summed E-state index contributed by atoms with van der Waals surface area (Å²) in [5.41, 5.74) is 5.72. The number of thioether (sulfide) groups is 1. The molecule has 1 aromatic carbocycles. The van der Waals surface area contributed by atoms with Crippen LogP contribution in [-0.4, -0.2) is 26.3 Å². The van der Waals surface area contributed by atoms with Crippen molar-refractivity contribution in [3.05, 3.63) is 53.0 Å². The number of aromatic nitrogens is 3. The Labute approximate surface area is 161 Å². The fourth-order valence-electron chi connectivity index (χ4n) is 3.32. The quantitative estimate of drug-likeness (QED) is 0.530. The molecule has 4 rings (SSSR count). The van der Waals surface area contributed by atoms with Crippen molar-refractivity contribution in [2.24, 2.45) is 0 Å². The summed E-state index contributed by atoms with van der Waals surface area (Å²) in [7, 11) is 0. The second kappa shape index (κ2) is 6.74. The molecule has 0 unspecified atom stereocenters. The lowest BCUT2D eigenvalue weighted by Gasteiger charge is -2.08. The van der Waals surface area contributed by atoms with Crippen LogP contribution >= 0.6 is 11.8 Å². The maximum atomic E-state index is 12.4. The van der Waals surface area contributed by atoms with E-state index in [-0.39, 0.29) is 11.7 Å². The van der Waals surface area contributed by atoms with Crippen LogP contribution in [0.4, 0.5) is 5.69 Å². The molecule has 1 N–H and O–H groups in total. The van der Waals surface area contributed by atoms with Crippen LogP contribution in [-0.2, 0) is 4.79 Å². The molecule has 0 aliphatic rings. The number of rotatable bonds is 4. The number of furan rings is 1. The van der Waals surface area contributed by atoms with Gasteiger partial charge in [0.05, 0.1) is 16.8 Å². The number of hydrogen-bond donors (Lipinski definition) is 1. The maximum absolute atomic E-state index is 12.4. The molecule has 0 radical (unpaired) electrons. The Morgan fingerprint density at radius 1 is 1.04 bits per heavy atom. The standard InChI is InChI=1S/C20H20N4O2S/c1-11-5-12(2)7-15(6-11)21-19(25)10-27-20-17-9-18-16(8-13(3)26-18)24(17)14(4)22-23-20/h5-9H,10H2,1-4H3,(H,21,25). The zero-order valence-electron chi connectivity index (χ0n) is 15.7. The smallest absolute Gasteiger partial charge is 0.234 e. The Balaban J connectivity index is 1.56. The van der Waals surface area contributed by atoms with Gasteiger partial charge in [-0.05, 0) is 51.0 Å². The molecule has 3 heterocycles. The minimum absolute atomic E-state index is 0.0726. The van der Waals surface area contributed by atoms with E-state index in [9.17, 15) is 4.79 Å². The second-order valence-corrected chi connectivity index (χ2v) is 7.70. The van der Waals surface area contributed by atoms with Crippen molar-refractivity contribution in [3.63, 3.8) is 0 Å². The highest BCUT2D eigenvalue weighted by molar-refractivity contribution is 8.00. The van der Waals surface area contributed by atoms with Gasteiger partial charge < -0.3 is 9.73 Å². The molecule has 138 valence electrons. The van der Waals surface area contributed by atoms with Crippen LogP contribution < -0.4 is 5.32 Å². The summed E-state index contributed by atoms with van der Waals surface area (Å²) < 4.78 is 7.74. The van der Waals surface area contributed by atoms with Gasteiger partial charge in [-0.1, -0.05) is 17.8 Å². The van der Waals surface area contributed by atoms with Gasteiger partial charge in [-0.15, -0.1) is 10.2 Å². The topological polar surface area (TPSA) is 72.4 Å². The Bertz CT molecular complexity index is 1160. The van der Waals surface area contributed by atoms with E-state index in [1.807, 2.05) is 56.4 Å². The monoisotopic (exact) mass is 380 g/mol. The molecule has 0 saturated heterocycles. The fraction of sp³-hybridized carbons (Fsp3) is 0.250. The highest BCUT2D eigenvalue weighted by Gasteiger charge is 2.16. The van der Waals surface area contributed by atoms with Gasteiger partial charge in [-0.2, -0.15) is 0 Å². The van der Waals surface area contributed by atoms with E-state index >= 15 is 0 Å². The number of hydrogen-bond acceptors (Lipinski definition) is 5. The minimum atomic E-state index is -0.0726. The molecule has 0 aliphatic heterocycles. The van der Waals surface area contributed by atoms with E-state index in [0.29, 0.717) is 5.03 Å². The number of amides is 1. The predicted octanol–water partition coefficient (Wildman–Crippen LogP) is 4.44. The van der Waals surface area contributed by atoms with Gasteiger partial charge in [-0.25, -0.2) is 0 Å². The number of aryl methyl sites for hydroxylation is 4. The molecule has 7 heteroatoms. The Morgan fingerprint density at radius 3 is 2.52 bits per heavy atom. The SMILES string of the molecule is Cc1cc(C)cc(NC(=O)CSc2nnc(C)n3c2cc2oc(C)cc23)c1. The fourth-order valence-corrected chi connectivity index (χ4v) is 4.05. The highest BCUT2D eigenvalue weighted by Crippen LogP contribution is 2.29. The third kappa shape index (κ3) is 3.42. The number of carbonyl (C=O) groups is 1. The van der Waals surface area contributed by atoms with Gasteiger partial charge in [0.1, 0.15) is 16.6 Å². The van der Waals surface area contributed by atoms with Crippen molar-refractivity contribution in [1.29, 1.82) is 0 Å². The molecule has 6 nitrogen and oxygen atoms in total.